The third-order valence-corrected chi connectivity index (χ3v) is 4.48. The van der Waals surface area contributed by atoms with E-state index in [1.165, 1.54) is 0 Å². The molecule has 2 aromatic heterocycles. The van der Waals surface area contributed by atoms with Crippen molar-refractivity contribution in [1.29, 1.82) is 0 Å². The first-order valence-corrected chi connectivity index (χ1v) is 8.19. The molecule has 6 nitrogen and oxygen atoms in total. The van der Waals surface area contributed by atoms with Crippen LogP contribution in [0, 0.1) is 5.92 Å². The van der Waals surface area contributed by atoms with E-state index in [1.807, 2.05) is 18.2 Å². The fourth-order valence-electron chi connectivity index (χ4n) is 3.07. The molecule has 0 spiro atoms. The Morgan fingerprint density at radius 1 is 1.25 bits per heavy atom. The molecule has 1 amide bonds. The van der Waals surface area contributed by atoms with Crippen LogP contribution in [0.25, 0.3) is 0 Å². The van der Waals surface area contributed by atoms with Crippen LogP contribution < -0.4 is 10.6 Å². The Morgan fingerprint density at radius 2 is 2.04 bits per heavy atom. The number of hydrogen-bond acceptors (Lipinski definition) is 5. The number of nitrogens with one attached hydrogen (secondary N) is 2. The van der Waals surface area contributed by atoms with Gasteiger partial charge in [0.25, 0.3) is 5.91 Å². The quantitative estimate of drug-likeness (QED) is 0.751. The molecule has 3 N–H and O–H groups in total. The van der Waals surface area contributed by atoms with Crippen LogP contribution in [-0.2, 0) is 6.42 Å². The highest BCUT2D eigenvalue weighted by molar-refractivity contribution is 5.98. The summed E-state index contributed by atoms with van der Waals surface area (Å²) in [7, 11) is 1.74. The fraction of sp³-hybridized carbons (Fsp3) is 0.389. The van der Waals surface area contributed by atoms with Crippen molar-refractivity contribution in [2.75, 3.05) is 12.4 Å². The molecule has 2 heterocycles. The van der Waals surface area contributed by atoms with E-state index in [4.69, 9.17) is 0 Å². The highest BCUT2D eigenvalue weighted by Crippen LogP contribution is 2.31. The molecule has 1 aliphatic carbocycles. The van der Waals surface area contributed by atoms with Crippen molar-refractivity contribution in [3.8, 4) is 0 Å². The zero-order valence-electron chi connectivity index (χ0n) is 13.6. The molecule has 3 rings (SSSR count). The lowest BCUT2D eigenvalue weighted by atomic mass is 9.76. The summed E-state index contributed by atoms with van der Waals surface area (Å²) < 4.78 is 0. The first-order valence-electron chi connectivity index (χ1n) is 8.19. The number of anilines is 1. The van der Waals surface area contributed by atoms with Crippen LogP contribution in [0.5, 0.6) is 0 Å². The molecular formula is C18H22N4O2. The summed E-state index contributed by atoms with van der Waals surface area (Å²) in [6, 6.07) is 9.21. The van der Waals surface area contributed by atoms with Crippen LogP contribution in [0.1, 0.15) is 28.9 Å². The standard InChI is InChI=1S/C18H22N4O2/c1-19-17-15(6-4-8-21-17)18(24)22-16(12-9-14(23)10-12)11-13-5-2-3-7-20-13/h2-8,12,14,16,23H,9-11H2,1H3,(H,19,21)(H,22,24)/t12?,14?,16-/m1/s1. The van der Waals surface area contributed by atoms with Gasteiger partial charge in [0.1, 0.15) is 5.82 Å². The maximum absolute atomic E-state index is 12.7. The number of aliphatic hydroxyl groups is 1. The maximum Gasteiger partial charge on any atom is 0.255 e. The highest BCUT2D eigenvalue weighted by atomic mass is 16.3. The fourth-order valence-corrected chi connectivity index (χ4v) is 3.07. The molecule has 2 aromatic rings. The smallest absolute Gasteiger partial charge is 0.255 e. The minimum Gasteiger partial charge on any atom is -0.393 e. The second kappa shape index (κ2) is 7.40. The van der Waals surface area contributed by atoms with E-state index in [2.05, 4.69) is 20.6 Å². The van der Waals surface area contributed by atoms with Crippen molar-refractivity contribution in [2.24, 2.45) is 5.92 Å². The molecule has 24 heavy (non-hydrogen) atoms. The van der Waals surface area contributed by atoms with Gasteiger partial charge in [0, 0.05) is 37.6 Å². The molecule has 0 radical (unpaired) electrons. The van der Waals surface area contributed by atoms with E-state index in [0.717, 1.165) is 5.69 Å². The van der Waals surface area contributed by atoms with E-state index in [-0.39, 0.29) is 24.0 Å². The van der Waals surface area contributed by atoms with E-state index in [1.54, 1.807) is 31.6 Å². The number of pyridine rings is 2. The number of aliphatic hydroxyl groups excluding tert-OH is 1. The summed E-state index contributed by atoms with van der Waals surface area (Å²) >= 11 is 0. The van der Waals surface area contributed by atoms with Crippen molar-refractivity contribution in [3.63, 3.8) is 0 Å². The van der Waals surface area contributed by atoms with E-state index in [9.17, 15) is 9.90 Å². The predicted molar refractivity (Wildman–Crippen MR) is 91.7 cm³/mol. The minimum absolute atomic E-state index is 0.0549. The SMILES string of the molecule is CNc1ncccc1C(=O)N[C@H](Cc1ccccn1)C1CC(O)C1. The Bertz CT molecular complexity index is 686. The molecule has 0 bridgehead atoms. The topological polar surface area (TPSA) is 87.1 Å². The third kappa shape index (κ3) is 3.71. The molecule has 1 atom stereocenters. The zero-order valence-corrected chi connectivity index (χ0v) is 13.6. The van der Waals surface area contributed by atoms with Gasteiger partial charge in [-0.3, -0.25) is 9.78 Å². The summed E-state index contributed by atoms with van der Waals surface area (Å²) in [5.74, 6) is 0.663. The van der Waals surface area contributed by atoms with E-state index in [0.29, 0.717) is 30.6 Å². The number of hydrogen-bond donors (Lipinski definition) is 3. The third-order valence-electron chi connectivity index (χ3n) is 4.48. The lowest BCUT2D eigenvalue weighted by Crippen LogP contribution is -2.48. The Morgan fingerprint density at radius 3 is 2.71 bits per heavy atom. The molecule has 1 saturated carbocycles. The van der Waals surface area contributed by atoms with Gasteiger partial charge in [0.05, 0.1) is 11.7 Å². The summed E-state index contributed by atoms with van der Waals surface area (Å²) in [6.07, 6.45) is 5.22. The van der Waals surface area contributed by atoms with Crippen LogP contribution >= 0.6 is 0 Å². The number of rotatable bonds is 6. The lowest BCUT2D eigenvalue weighted by molar-refractivity contribution is 0.0238. The molecule has 0 unspecified atom stereocenters. The number of nitrogens with zero attached hydrogens (tertiary/aromatic N) is 2. The van der Waals surface area contributed by atoms with Gasteiger partial charge in [-0.1, -0.05) is 6.07 Å². The van der Waals surface area contributed by atoms with Gasteiger partial charge in [-0.2, -0.15) is 0 Å². The second-order valence-corrected chi connectivity index (χ2v) is 6.14. The van der Waals surface area contributed by atoms with Gasteiger partial charge in [-0.25, -0.2) is 4.98 Å². The van der Waals surface area contributed by atoms with Crippen LogP contribution in [0.2, 0.25) is 0 Å². The summed E-state index contributed by atoms with van der Waals surface area (Å²) in [6.45, 7) is 0. The normalized spacial score (nSPS) is 20.8. The molecule has 0 aliphatic heterocycles. The molecule has 0 saturated heterocycles. The largest absolute Gasteiger partial charge is 0.393 e. The van der Waals surface area contributed by atoms with Crippen molar-refractivity contribution >= 4 is 11.7 Å². The van der Waals surface area contributed by atoms with Crippen molar-refractivity contribution in [2.45, 2.75) is 31.4 Å². The van der Waals surface area contributed by atoms with E-state index >= 15 is 0 Å². The number of carbonyl (C=O) groups is 1. The Labute approximate surface area is 141 Å². The Kier molecular flexibility index (Phi) is 5.05. The van der Waals surface area contributed by atoms with Gasteiger partial charge in [-0.15, -0.1) is 0 Å². The van der Waals surface area contributed by atoms with Crippen LogP contribution in [0.15, 0.2) is 42.7 Å². The summed E-state index contributed by atoms with van der Waals surface area (Å²) in [5, 5.41) is 15.7. The summed E-state index contributed by atoms with van der Waals surface area (Å²) in [4.78, 5) is 21.2. The van der Waals surface area contributed by atoms with Crippen LogP contribution in [0.3, 0.4) is 0 Å². The van der Waals surface area contributed by atoms with Gasteiger partial charge >= 0.3 is 0 Å². The average molecular weight is 326 g/mol. The number of carbonyl (C=O) groups excluding carboxylic acids is 1. The first-order chi connectivity index (χ1) is 11.7. The molecule has 1 fully saturated rings. The van der Waals surface area contributed by atoms with Gasteiger partial charge < -0.3 is 15.7 Å². The molecular weight excluding hydrogens is 304 g/mol. The second-order valence-electron chi connectivity index (χ2n) is 6.14. The predicted octanol–water partition coefficient (Wildman–Crippen LogP) is 1.63. The van der Waals surface area contributed by atoms with Crippen molar-refractivity contribution in [1.82, 2.24) is 15.3 Å². The van der Waals surface area contributed by atoms with Crippen molar-refractivity contribution in [3.05, 3.63) is 54.0 Å². The monoisotopic (exact) mass is 326 g/mol. The van der Waals surface area contributed by atoms with Gasteiger partial charge in [-0.05, 0) is 43.0 Å². The van der Waals surface area contributed by atoms with E-state index < -0.39 is 0 Å². The molecule has 6 heteroatoms. The zero-order chi connectivity index (χ0) is 16.9. The Hall–Kier alpha value is -2.47. The van der Waals surface area contributed by atoms with Crippen molar-refractivity contribution < 1.29 is 9.90 Å². The van der Waals surface area contributed by atoms with Gasteiger partial charge in [0.15, 0.2) is 0 Å². The maximum atomic E-state index is 12.7. The van der Waals surface area contributed by atoms with Crippen LogP contribution in [0.4, 0.5) is 5.82 Å². The lowest BCUT2D eigenvalue weighted by Gasteiger charge is -2.38. The first kappa shape index (κ1) is 16.4. The van der Waals surface area contributed by atoms with Crippen LogP contribution in [-0.4, -0.2) is 40.2 Å². The molecule has 1 aliphatic rings. The molecule has 0 aromatic carbocycles. The number of amides is 1. The average Bonchev–Trinajstić information content (AvgIpc) is 2.59. The number of aromatic nitrogens is 2. The summed E-state index contributed by atoms with van der Waals surface area (Å²) in [5.41, 5.74) is 1.45. The van der Waals surface area contributed by atoms with Gasteiger partial charge in [0.2, 0.25) is 0 Å². The highest BCUT2D eigenvalue weighted by Gasteiger charge is 2.35. The Balaban J connectivity index is 1.75. The minimum atomic E-state index is -0.260. The molecule has 126 valence electrons.